The number of nitro groups is 1. The van der Waals surface area contributed by atoms with Crippen LogP contribution >= 0.6 is 0 Å². The van der Waals surface area contributed by atoms with Gasteiger partial charge in [-0.1, -0.05) is 72.8 Å². The lowest BCUT2D eigenvalue weighted by molar-refractivity contribution is -0.384. The Morgan fingerprint density at radius 1 is 0.938 bits per heavy atom. The van der Waals surface area contributed by atoms with E-state index in [1.54, 1.807) is 39.8 Å². The zero-order valence-electron chi connectivity index (χ0n) is 28.8. The van der Waals surface area contributed by atoms with Crippen LogP contribution in [0, 0.1) is 16.0 Å². The van der Waals surface area contributed by atoms with Crippen molar-refractivity contribution in [2.45, 2.75) is 83.7 Å². The summed E-state index contributed by atoms with van der Waals surface area (Å²) in [5.74, 6) is -2.28. The second-order valence-corrected chi connectivity index (χ2v) is 14.1. The molecule has 48 heavy (non-hydrogen) atoms. The molecule has 2 aliphatic rings. The Bertz CT molecular complexity index is 1640. The molecule has 3 aromatic carbocycles. The van der Waals surface area contributed by atoms with E-state index in [0.29, 0.717) is 29.0 Å². The van der Waals surface area contributed by atoms with E-state index in [-0.39, 0.29) is 16.9 Å². The summed E-state index contributed by atoms with van der Waals surface area (Å²) < 4.78 is 5.78. The predicted octanol–water partition coefficient (Wildman–Crippen LogP) is 8.21. The standard InChI is InChI=1S/C40H47N3O5/c1-28-35(38(45)48-39(3,4)5)37(30-15-14-20-33(27-30)43(46)47)36(29(2)44)34(41-28)21-12-13-24-42-25-22-40(23-26-42,31-16-8-6-9-17-31)32-18-10-7-11-19-32/h6-11,14-20,27,35,37H,12-13,21-26H2,1-5H3. The number of esters is 1. The molecule has 2 unspecified atom stereocenters. The molecule has 0 aliphatic carbocycles. The number of Topliss-reactive ketones (excluding diaryl/α,β-unsaturated/α-hetero) is 1. The van der Waals surface area contributed by atoms with Crippen LogP contribution < -0.4 is 0 Å². The molecule has 1 fully saturated rings. The number of rotatable bonds is 11. The van der Waals surface area contributed by atoms with Crippen molar-refractivity contribution in [2.24, 2.45) is 10.9 Å². The van der Waals surface area contributed by atoms with Crippen molar-refractivity contribution in [1.29, 1.82) is 0 Å². The van der Waals surface area contributed by atoms with E-state index in [9.17, 15) is 19.7 Å². The third-order valence-corrected chi connectivity index (χ3v) is 9.70. The van der Waals surface area contributed by atoms with Crippen LogP contribution in [0.3, 0.4) is 0 Å². The lowest BCUT2D eigenvalue weighted by Crippen LogP contribution is -2.43. The number of piperidine rings is 1. The fourth-order valence-corrected chi connectivity index (χ4v) is 7.45. The summed E-state index contributed by atoms with van der Waals surface area (Å²) in [7, 11) is 0. The van der Waals surface area contributed by atoms with Gasteiger partial charge in [-0.15, -0.1) is 0 Å². The molecule has 0 aromatic heterocycles. The van der Waals surface area contributed by atoms with E-state index in [4.69, 9.17) is 9.73 Å². The highest BCUT2D eigenvalue weighted by Crippen LogP contribution is 2.43. The number of aliphatic imine (C=N–C) groups is 1. The van der Waals surface area contributed by atoms with Gasteiger partial charge in [0.1, 0.15) is 11.5 Å². The quantitative estimate of drug-likeness (QED) is 0.0898. The van der Waals surface area contributed by atoms with Crippen molar-refractivity contribution in [1.82, 2.24) is 4.90 Å². The van der Waals surface area contributed by atoms with Crippen LogP contribution in [0.25, 0.3) is 0 Å². The van der Waals surface area contributed by atoms with Crippen LogP contribution in [0.4, 0.5) is 5.69 Å². The summed E-state index contributed by atoms with van der Waals surface area (Å²) in [4.78, 5) is 45.5. The minimum atomic E-state index is -0.864. The van der Waals surface area contributed by atoms with Crippen molar-refractivity contribution >= 4 is 23.2 Å². The first-order valence-corrected chi connectivity index (χ1v) is 17.0. The summed E-state index contributed by atoms with van der Waals surface area (Å²) in [5.41, 5.74) is 4.07. The number of allylic oxidation sites excluding steroid dienone is 2. The second kappa shape index (κ2) is 14.8. The molecule has 0 saturated carbocycles. The van der Waals surface area contributed by atoms with Gasteiger partial charge in [-0.05, 0) is 103 Å². The topological polar surface area (TPSA) is 102 Å². The Morgan fingerprint density at radius 2 is 1.54 bits per heavy atom. The van der Waals surface area contributed by atoms with Gasteiger partial charge in [0.25, 0.3) is 5.69 Å². The normalized spacial score (nSPS) is 19.8. The lowest BCUT2D eigenvalue weighted by Gasteiger charge is -2.43. The molecule has 2 atom stereocenters. The molecule has 5 rings (SSSR count). The number of ketones is 1. The number of carbonyl (C=O) groups excluding carboxylic acids is 2. The number of benzene rings is 3. The molecule has 3 aromatic rings. The summed E-state index contributed by atoms with van der Waals surface area (Å²) >= 11 is 0. The molecule has 0 spiro atoms. The average Bonchev–Trinajstić information content (AvgIpc) is 3.06. The van der Waals surface area contributed by atoms with E-state index < -0.39 is 28.3 Å². The molecule has 252 valence electrons. The first kappa shape index (κ1) is 34.9. The monoisotopic (exact) mass is 649 g/mol. The fraction of sp³-hybridized carbons (Fsp3) is 0.425. The molecule has 8 nitrogen and oxygen atoms in total. The summed E-state index contributed by atoms with van der Waals surface area (Å²) in [6.07, 6.45) is 4.41. The highest BCUT2D eigenvalue weighted by molar-refractivity contribution is 6.08. The van der Waals surface area contributed by atoms with Crippen molar-refractivity contribution in [3.05, 3.63) is 123 Å². The van der Waals surface area contributed by atoms with Crippen LogP contribution in [0.1, 0.15) is 89.3 Å². The number of hydrogen-bond donors (Lipinski definition) is 0. The van der Waals surface area contributed by atoms with Crippen LogP contribution in [0.15, 0.2) is 101 Å². The molecule has 1 saturated heterocycles. The average molecular weight is 650 g/mol. The van der Waals surface area contributed by atoms with E-state index >= 15 is 0 Å². The van der Waals surface area contributed by atoms with Gasteiger partial charge in [-0.3, -0.25) is 24.7 Å². The molecule has 0 bridgehead atoms. The predicted molar refractivity (Wildman–Crippen MR) is 189 cm³/mol. The Hall–Kier alpha value is -4.43. The summed E-state index contributed by atoms with van der Waals surface area (Å²) in [6, 6.07) is 27.9. The summed E-state index contributed by atoms with van der Waals surface area (Å²) in [6.45, 7) is 11.6. The first-order valence-electron chi connectivity index (χ1n) is 17.0. The fourth-order valence-electron chi connectivity index (χ4n) is 7.45. The Morgan fingerprint density at radius 3 is 2.08 bits per heavy atom. The van der Waals surface area contributed by atoms with E-state index in [2.05, 4.69) is 65.6 Å². The third-order valence-electron chi connectivity index (χ3n) is 9.70. The lowest BCUT2D eigenvalue weighted by atomic mass is 9.68. The molecular weight excluding hydrogens is 602 g/mol. The number of non-ortho nitro benzene ring substituents is 1. The number of carbonyl (C=O) groups is 2. The minimum Gasteiger partial charge on any atom is -0.459 e. The van der Waals surface area contributed by atoms with Crippen LogP contribution in [0.2, 0.25) is 0 Å². The second-order valence-electron chi connectivity index (χ2n) is 14.1. The van der Waals surface area contributed by atoms with Crippen molar-refractivity contribution in [3.8, 4) is 0 Å². The maximum atomic E-state index is 13.6. The number of nitro benzene ring substituents is 1. The van der Waals surface area contributed by atoms with Gasteiger partial charge in [-0.25, -0.2) is 0 Å². The molecular formula is C40H47N3O5. The zero-order valence-corrected chi connectivity index (χ0v) is 28.8. The summed E-state index contributed by atoms with van der Waals surface area (Å²) in [5, 5.41) is 11.7. The van der Waals surface area contributed by atoms with Crippen LogP contribution in [0.5, 0.6) is 0 Å². The smallest absolute Gasteiger partial charge is 0.316 e. The number of likely N-dealkylation sites (tertiary alicyclic amines) is 1. The third kappa shape index (κ3) is 7.81. The van der Waals surface area contributed by atoms with Gasteiger partial charge in [0.15, 0.2) is 5.78 Å². The van der Waals surface area contributed by atoms with Gasteiger partial charge < -0.3 is 9.64 Å². The molecule has 0 radical (unpaired) electrons. The Balaban J connectivity index is 1.32. The first-order chi connectivity index (χ1) is 22.9. The molecule has 2 heterocycles. The molecule has 0 N–H and O–H groups in total. The zero-order chi connectivity index (χ0) is 34.5. The number of ether oxygens (including phenoxy) is 1. The van der Waals surface area contributed by atoms with Gasteiger partial charge in [-0.2, -0.15) is 0 Å². The van der Waals surface area contributed by atoms with Crippen molar-refractivity contribution in [3.63, 3.8) is 0 Å². The van der Waals surface area contributed by atoms with Gasteiger partial charge in [0, 0.05) is 40.4 Å². The Labute approximate surface area is 284 Å². The van der Waals surface area contributed by atoms with Crippen molar-refractivity contribution in [2.75, 3.05) is 19.6 Å². The van der Waals surface area contributed by atoms with Crippen LogP contribution in [-0.4, -0.2) is 52.5 Å². The highest BCUT2D eigenvalue weighted by Gasteiger charge is 2.43. The largest absolute Gasteiger partial charge is 0.459 e. The Kier molecular flexibility index (Phi) is 10.7. The highest BCUT2D eigenvalue weighted by atomic mass is 16.6. The number of nitrogens with zero attached hydrogens (tertiary/aromatic N) is 3. The SMILES string of the molecule is CC(=O)C1=C(CCCCN2CCC(c3ccccc3)(c3ccccc3)CC2)N=C(C)C(C(=O)OC(C)(C)C)C1c1cccc([N+](=O)[O-])c1. The molecule has 2 aliphatic heterocycles. The van der Waals surface area contributed by atoms with Gasteiger partial charge in [0.2, 0.25) is 0 Å². The number of hydrogen-bond acceptors (Lipinski definition) is 7. The van der Waals surface area contributed by atoms with E-state index in [1.165, 1.54) is 30.2 Å². The van der Waals surface area contributed by atoms with E-state index in [1.807, 2.05) is 0 Å². The van der Waals surface area contributed by atoms with Gasteiger partial charge in [0.05, 0.1) is 4.92 Å². The molecule has 0 amide bonds. The van der Waals surface area contributed by atoms with Crippen molar-refractivity contribution < 1.29 is 19.2 Å². The maximum absolute atomic E-state index is 13.6. The minimum absolute atomic E-state index is 0.000757. The van der Waals surface area contributed by atoms with E-state index in [0.717, 1.165) is 45.3 Å². The van der Waals surface area contributed by atoms with Crippen LogP contribution in [-0.2, 0) is 19.7 Å². The molecule has 8 heteroatoms. The van der Waals surface area contributed by atoms with Gasteiger partial charge >= 0.3 is 5.97 Å². The number of unbranched alkanes of at least 4 members (excludes halogenated alkanes) is 1. The maximum Gasteiger partial charge on any atom is 0.316 e.